The summed E-state index contributed by atoms with van der Waals surface area (Å²) < 4.78 is 23.8. The maximum absolute atomic E-state index is 11.8. The van der Waals surface area contributed by atoms with Crippen molar-refractivity contribution in [3.05, 3.63) is 33.1 Å². The zero-order valence-electron chi connectivity index (χ0n) is 10.3. The standard InChI is InChI=1S/C9H11ClN4O5S/c1-20(18,19)13-5-4-12-9(15)6-2-3-11-8(10)7(6)14(16)17/h2-3,13H,4-5H2,1H3,(H,12,15). The lowest BCUT2D eigenvalue weighted by molar-refractivity contribution is -0.385. The molecule has 0 unspecified atom stereocenters. The molecule has 0 saturated heterocycles. The van der Waals surface area contributed by atoms with Crippen molar-refractivity contribution in [3.63, 3.8) is 0 Å². The lowest BCUT2D eigenvalue weighted by Crippen LogP contribution is -2.34. The topological polar surface area (TPSA) is 131 Å². The summed E-state index contributed by atoms with van der Waals surface area (Å²) in [5.41, 5.74) is -0.836. The maximum Gasteiger partial charge on any atom is 0.319 e. The number of pyridine rings is 1. The van der Waals surface area contributed by atoms with Gasteiger partial charge in [0.15, 0.2) is 0 Å². The number of hydrogen-bond acceptors (Lipinski definition) is 6. The van der Waals surface area contributed by atoms with Gasteiger partial charge in [0.2, 0.25) is 15.2 Å². The second kappa shape index (κ2) is 6.59. The van der Waals surface area contributed by atoms with E-state index in [4.69, 9.17) is 11.6 Å². The Hall–Kier alpha value is -1.78. The molecule has 0 aromatic carbocycles. The van der Waals surface area contributed by atoms with E-state index >= 15 is 0 Å². The molecule has 1 aromatic rings. The van der Waals surface area contributed by atoms with Gasteiger partial charge >= 0.3 is 5.69 Å². The summed E-state index contributed by atoms with van der Waals surface area (Å²) in [5, 5.41) is 12.8. The molecule has 0 radical (unpaired) electrons. The van der Waals surface area contributed by atoms with Crippen LogP contribution in [0.4, 0.5) is 5.69 Å². The lowest BCUT2D eigenvalue weighted by atomic mass is 10.2. The van der Waals surface area contributed by atoms with Gasteiger partial charge in [0, 0.05) is 19.3 Å². The Kier molecular flexibility index (Phi) is 5.36. The summed E-state index contributed by atoms with van der Waals surface area (Å²) in [6, 6.07) is 1.16. The zero-order chi connectivity index (χ0) is 15.3. The molecule has 0 fully saturated rings. The number of nitrogens with one attached hydrogen (secondary N) is 2. The fourth-order valence-electron chi connectivity index (χ4n) is 1.29. The molecule has 1 rings (SSSR count). The molecule has 0 bridgehead atoms. The first-order valence-electron chi connectivity index (χ1n) is 5.24. The first-order valence-corrected chi connectivity index (χ1v) is 7.51. The van der Waals surface area contributed by atoms with Crippen LogP contribution < -0.4 is 10.0 Å². The third-order valence-corrected chi connectivity index (χ3v) is 3.09. The van der Waals surface area contributed by atoms with E-state index in [0.29, 0.717) is 0 Å². The number of hydrogen-bond donors (Lipinski definition) is 2. The number of aromatic nitrogens is 1. The molecule has 1 heterocycles. The predicted octanol–water partition coefficient (Wildman–Crippen LogP) is -0.0778. The van der Waals surface area contributed by atoms with Gasteiger partial charge in [-0.15, -0.1) is 0 Å². The van der Waals surface area contributed by atoms with Gasteiger partial charge in [0.05, 0.1) is 11.2 Å². The Morgan fingerprint density at radius 1 is 1.50 bits per heavy atom. The molecule has 0 aliphatic carbocycles. The average molecular weight is 323 g/mol. The van der Waals surface area contributed by atoms with E-state index in [1.54, 1.807) is 0 Å². The third-order valence-electron chi connectivity index (χ3n) is 2.08. The van der Waals surface area contributed by atoms with Crippen LogP contribution in [0.25, 0.3) is 0 Å². The number of halogens is 1. The fourth-order valence-corrected chi connectivity index (χ4v) is 1.99. The molecular weight excluding hydrogens is 312 g/mol. The van der Waals surface area contributed by atoms with Crippen LogP contribution in [0.2, 0.25) is 5.15 Å². The van der Waals surface area contributed by atoms with E-state index in [-0.39, 0.29) is 18.7 Å². The molecule has 1 amide bonds. The van der Waals surface area contributed by atoms with Gasteiger partial charge in [-0.25, -0.2) is 18.1 Å². The van der Waals surface area contributed by atoms with Crippen molar-refractivity contribution in [2.75, 3.05) is 19.3 Å². The highest BCUT2D eigenvalue weighted by molar-refractivity contribution is 7.88. The highest BCUT2D eigenvalue weighted by atomic mass is 35.5. The van der Waals surface area contributed by atoms with Gasteiger partial charge < -0.3 is 5.32 Å². The number of carbonyl (C=O) groups is 1. The Bertz CT molecular complexity index is 633. The fraction of sp³-hybridized carbons (Fsp3) is 0.333. The second-order valence-electron chi connectivity index (χ2n) is 3.68. The van der Waals surface area contributed by atoms with Crippen LogP contribution in [0.5, 0.6) is 0 Å². The molecule has 11 heteroatoms. The van der Waals surface area contributed by atoms with E-state index in [1.165, 1.54) is 6.20 Å². The van der Waals surface area contributed by atoms with Crippen LogP contribution in [0, 0.1) is 10.1 Å². The first kappa shape index (κ1) is 16.3. The van der Waals surface area contributed by atoms with E-state index in [9.17, 15) is 23.3 Å². The average Bonchev–Trinajstić information content (AvgIpc) is 2.32. The number of amides is 1. The van der Waals surface area contributed by atoms with Crippen molar-refractivity contribution < 1.29 is 18.1 Å². The Labute approximate surface area is 119 Å². The van der Waals surface area contributed by atoms with Crippen molar-refractivity contribution in [1.82, 2.24) is 15.0 Å². The summed E-state index contributed by atoms with van der Waals surface area (Å²) in [7, 11) is -3.36. The first-order chi connectivity index (χ1) is 9.22. The third kappa shape index (κ3) is 4.72. The maximum atomic E-state index is 11.8. The van der Waals surface area contributed by atoms with Gasteiger partial charge in [0.1, 0.15) is 5.56 Å². The van der Waals surface area contributed by atoms with Crippen molar-refractivity contribution in [3.8, 4) is 0 Å². The Morgan fingerprint density at radius 2 is 2.15 bits per heavy atom. The van der Waals surface area contributed by atoms with E-state index in [0.717, 1.165) is 12.3 Å². The van der Waals surface area contributed by atoms with Crippen molar-refractivity contribution in [1.29, 1.82) is 0 Å². The van der Waals surface area contributed by atoms with Crippen molar-refractivity contribution >= 4 is 33.2 Å². The molecule has 0 spiro atoms. The molecule has 0 aliphatic heterocycles. The molecule has 1 aromatic heterocycles. The van der Waals surface area contributed by atoms with E-state index in [1.807, 2.05) is 0 Å². The lowest BCUT2D eigenvalue weighted by Gasteiger charge is -2.06. The summed E-state index contributed by atoms with van der Waals surface area (Å²) in [5.74, 6) is -0.740. The van der Waals surface area contributed by atoms with Crippen LogP contribution in [-0.4, -0.2) is 43.6 Å². The zero-order valence-corrected chi connectivity index (χ0v) is 11.9. The highest BCUT2D eigenvalue weighted by Crippen LogP contribution is 2.25. The number of rotatable bonds is 6. The Morgan fingerprint density at radius 3 is 2.70 bits per heavy atom. The van der Waals surface area contributed by atoms with Crippen molar-refractivity contribution in [2.24, 2.45) is 0 Å². The minimum Gasteiger partial charge on any atom is -0.350 e. The van der Waals surface area contributed by atoms with Crippen LogP contribution >= 0.6 is 11.6 Å². The molecule has 2 N–H and O–H groups in total. The molecule has 110 valence electrons. The monoisotopic (exact) mass is 322 g/mol. The van der Waals surface area contributed by atoms with E-state index in [2.05, 4.69) is 15.0 Å². The SMILES string of the molecule is CS(=O)(=O)NCCNC(=O)c1ccnc(Cl)c1[N+](=O)[O-]. The quantitative estimate of drug-likeness (QED) is 0.326. The second-order valence-corrected chi connectivity index (χ2v) is 5.87. The highest BCUT2D eigenvalue weighted by Gasteiger charge is 2.24. The van der Waals surface area contributed by atoms with Gasteiger partial charge in [-0.2, -0.15) is 0 Å². The number of carbonyl (C=O) groups excluding carboxylic acids is 1. The molecule has 0 atom stereocenters. The van der Waals surface area contributed by atoms with Crippen LogP contribution in [0.15, 0.2) is 12.3 Å². The number of nitrogens with zero attached hydrogens (tertiary/aromatic N) is 2. The minimum atomic E-state index is -3.36. The molecule has 20 heavy (non-hydrogen) atoms. The van der Waals surface area contributed by atoms with Crippen molar-refractivity contribution in [2.45, 2.75) is 0 Å². The van der Waals surface area contributed by atoms with E-state index < -0.39 is 31.7 Å². The van der Waals surface area contributed by atoms with Crippen LogP contribution in [0.1, 0.15) is 10.4 Å². The molecule has 0 saturated carbocycles. The molecule has 9 nitrogen and oxygen atoms in total. The minimum absolute atomic E-state index is 0.0248. The summed E-state index contributed by atoms with van der Waals surface area (Å²) in [6.07, 6.45) is 2.14. The van der Waals surface area contributed by atoms with Gasteiger partial charge in [-0.1, -0.05) is 11.6 Å². The van der Waals surface area contributed by atoms with Crippen LogP contribution in [0.3, 0.4) is 0 Å². The summed E-state index contributed by atoms with van der Waals surface area (Å²) >= 11 is 5.57. The van der Waals surface area contributed by atoms with Gasteiger partial charge in [-0.3, -0.25) is 14.9 Å². The van der Waals surface area contributed by atoms with Gasteiger partial charge in [0.25, 0.3) is 5.91 Å². The predicted molar refractivity (Wildman–Crippen MR) is 71.1 cm³/mol. The largest absolute Gasteiger partial charge is 0.350 e. The van der Waals surface area contributed by atoms with Gasteiger partial charge in [-0.05, 0) is 6.07 Å². The molecular formula is C9H11ClN4O5S. The Balaban J connectivity index is 2.74. The summed E-state index contributed by atoms with van der Waals surface area (Å²) in [6.45, 7) is -0.0554. The number of nitro groups is 1. The molecule has 0 aliphatic rings. The normalized spacial score (nSPS) is 11.1. The summed E-state index contributed by atoms with van der Waals surface area (Å²) in [4.78, 5) is 25.3. The van der Waals surface area contributed by atoms with Crippen LogP contribution in [-0.2, 0) is 10.0 Å². The smallest absolute Gasteiger partial charge is 0.319 e. The number of sulfonamides is 1.